The molecule has 41 heavy (non-hydrogen) atoms. The lowest BCUT2D eigenvalue weighted by Crippen LogP contribution is -2.35. The molecule has 0 aromatic heterocycles. The van der Waals surface area contributed by atoms with E-state index >= 15 is 0 Å². The minimum atomic E-state index is -3.99. The molecule has 1 N–H and O–H groups in total. The van der Waals surface area contributed by atoms with Crippen molar-refractivity contribution in [3.05, 3.63) is 59.2 Å². The van der Waals surface area contributed by atoms with E-state index in [1.165, 1.54) is 26.0 Å². The summed E-state index contributed by atoms with van der Waals surface area (Å²) < 4.78 is 50.1. The first-order valence-corrected chi connectivity index (χ1v) is 14.7. The predicted octanol–water partition coefficient (Wildman–Crippen LogP) is 3.56. The highest BCUT2D eigenvalue weighted by atomic mass is 31.2. The smallest absolute Gasteiger partial charge is 0.328 e. The van der Waals surface area contributed by atoms with E-state index in [-0.39, 0.29) is 43.2 Å². The second-order valence-electron chi connectivity index (χ2n) is 8.77. The Morgan fingerprint density at radius 3 is 1.95 bits per heavy atom. The molecule has 0 fully saturated rings. The Bertz CT molecular complexity index is 1170. The van der Waals surface area contributed by atoms with Crippen LogP contribution in [0.15, 0.2) is 42.5 Å². The summed E-state index contributed by atoms with van der Waals surface area (Å²) in [6, 6.07) is 11.0. The fourth-order valence-corrected chi connectivity index (χ4v) is 4.51. The maximum absolute atomic E-state index is 13.0. The van der Waals surface area contributed by atoms with Gasteiger partial charge in [-0.05, 0) is 36.8 Å². The van der Waals surface area contributed by atoms with Crippen LogP contribution < -0.4 is 9.47 Å². The molecule has 0 aliphatic carbocycles. The monoisotopic (exact) mass is 597 g/mol. The number of ether oxygens (including phenoxy) is 6. The summed E-state index contributed by atoms with van der Waals surface area (Å²) >= 11 is 0. The summed E-state index contributed by atoms with van der Waals surface area (Å²) in [7, 11) is -0.893. The van der Waals surface area contributed by atoms with Crippen LogP contribution in [0.1, 0.15) is 46.2 Å². The summed E-state index contributed by atoms with van der Waals surface area (Å²) in [4.78, 5) is 42.1. The van der Waals surface area contributed by atoms with E-state index in [1.807, 2.05) is 0 Å². The molecule has 3 rings (SSSR count). The Morgan fingerprint density at radius 2 is 1.41 bits per heavy atom. The Balaban J connectivity index is 1.90. The van der Waals surface area contributed by atoms with Crippen LogP contribution in [0.2, 0.25) is 0 Å². The number of hydrogen-bond acceptors (Lipinski definition) is 11. The molecule has 0 saturated heterocycles. The molecule has 0 spiro atoms. The van der Waals surface area contributed by atoms with Gasteiger partial charge < -0.3 is 37.8 Å². The van der Waals surface area contributed by atoms with E-state index in [0.29, 0.717) is 36.2 Å². The molecule has 3 atom stereocenters. The van der Waals surface area contributed by atoms with Crippen molar-refractivity contribution in [1.29, 1.82) is 0 Å². The van der Waals surface area contributed by atoms with Crippen molar-refractivity contribution in [2.75, 3.05) is 60.4 Å². The Labute approximate surface area is 238 Å². The Morgan fingerprint density at radius 1 is 0.854 bits per heavy atom. The minimum Gasteiger partial charge on any atom is -0.464 e. The molecular weight excluding hydrogens is 561 g/mol. The highest BCUT2D eigenvalue weighted by Gasteiger charge is 2.40. The number of amides is 2. The second kappa shape index (κ2) is 15.9. The van der Waals surface area contributed by atoms with Gasteiger partial charge >= 0.3 is 7.60 Å². The van der Waals surface area contributed by atoms with Crippen LogP contribution in [0.4, 0.5) is 0 Å². The largest absolute Gasteiger partial charge is 0.464 e. The average Bonchev–Trinajstić information content (AvgIpc) is 3.20. The van der Waals surface area contributed by atoms with Crippen molar-refractivity contribution in [2.24, 2.45) is 0 Å². The zero-order valence-corrected chi connectivity index (χ0v) is 24.4. The standard InChI is InChI=1S/C27H36NO12P/c1-5-41(31,32)40-19(2)25(39-28-26(29)21-8-6-7-9-22(21)27(28)30)20-10-11-23(37-17-35-14-12-33-3)24(16-20)38-18-36-15-13-34-4/h6-11,16,19,25H,5,12-15,17-18H2,1-4H3,(H,31,32). The number of hydroxylamine groups is 2. The van der Waals surface area contributed by atoms with Gasteiger partial charge in [-0.25, -0.2) is 0 Å². The summed E-state index contributed by atoms with van der Waals surface area (Å²) in [5.74, 6) is -0.805. The van der Waals surface area contributed by atoms with Crippen LogP contribution in [-0.4, -0.2) is 88.3 Å². The van der Waals surface area contributed by atoms with Gasteiger partial charge in [-0.3, -0.25) is 19.0 Å². The van der Waals surface area contributed by atoms with E-state index in [0.717, 1.165) is 0 Å². The molecular formula is C27H36NO12P. The second-order valence-corrected chi connectivity index (χ2v) is 10.9. The van der Waals surface area contributed by atoms with Crippen molar-refractivity contribution in [3.8, 4) is 11.5 Å². The molecule has 14 heteroatoms. The van der Waals surface area contributed by atoms with E-state index in [2.05, 4.69) is 0 Å². The van der Waals surface area contributed by atoms with Crippen molar-refractivity contribution in [3.63, 3.8) is 0 Å². The first-order chi connectivity index (χ1) is 19.7. The third-order valence-electron chi connectivity index (χ3n) is 5.89. The first-order valence-electron chi connectivity index (χ1n) is 12.9. The third-order valence-corrected chi connectivity index (χ3v) is 7.35. The summed E-state index contributed by atoms with van der Waals surface area (Å²) in [5.41, 5.74) is 0.728. The Kier molecular flexibility index (Phi) is 12.7. The van der Waals surface area contributed by atoms with Crippen molar-refractivity contribution in [1.82, 2.24) is 5.06 Å². The molecule has 0 saturated carbocycles. The van der Waals surface area contributed by atoms with E-state index < -0.39 is 31.6 Å². The van der Waals surface area contributed by atoms with Crippen molar-refractivity contribution in [2.45, 2.75) is 26.1 Å². The first kappa shape index (κ1) is 32.6. The van der Waals surface area contributed by atoms with Gasteiger partial charge in [0.2, 0.25) is 0 Å². The number of imide groups is 1. The van der Waals surface area contributed by atoms with Gasteiger partial charge in [0.1, 0.15) is 6.10 Å². The highest BCUT2D eigenvalue weighted by Crippen LogP contribution is 2.46. The molecule has 0 bridgehead atoms. The molecule has 2 amide bonds. The zero-order chi connectivity index (χ0) is 29.8. The lowest BCUT2D eigenvalue weighted by molar-refractivity contribution is -0.160. The van der Waals surface area contributed by atoms with Gasteiger partial charge in [-0.1, -0.05) is 25.1 Å². The third kappa shape index (κ3) is 9.06. The summed E-state index contributed by atoms with van der Waals surface area (Å²) in [6.07, 6.45) is -2.42. The number of hydrogen-bond donors (Lipinski definition) is 1. The molecule has 1 heterocycles. The summed E-state index contributed by atoms with van der Waals surface area (Å²) in [5, 5.41) is 0.631. The van der Waals surface area contributed by atoms with E-state index in [9.17, 15) is 19.0 Å². The Hall–Kier alpha value is -2.87. The molecule has 1 aliphatic heterocycles. The molecule has 13 nitrogen and oxygen atoms in total. The normalized spacial score (nSPS) is 15.9. The maximum Gasteiger partial charge on any atom is 0.328 e. The zero-order valence-electron chi connectivity index (χ0n) is 23.5. The molecule has 3 unspecified atom stereocenters. The van der Waals surface area contributed by atoms with Gasteiger partial charge in [0.05, 0.1) is 43.7 Å². The number of rotatable bonds is 19. The number of fused-ring (bicyclic) bond motifs is 1. The average molecular weight is 598 g/mol. The predicted molar refractivity (Wildman–Crippen MR) is 145 cm³/mol. The molecule has 2 aromatic carbocycles. The van der Waals surface area contributed by atoms with E-state index in [4.69, 9.17) is 37.8 Å². The topological polar surface area (TPSA) is 149 Å². The van der Waals surface area contributed by atoms with Gasteiger partial charge in [0, 0.05) is 20.4 Å². The maximum atomic E-state index is 13.0. The fourth-order valence-electron chi connectivity index (χ4n) is 3.73. The van der Waals surface area contributed by atoms with Gasteiger partial charge in [-0.15, -0.1) is 5.06 Å². The van der Waals surface area contributed by atoms with Crippen molar-refractivity contribution < 1.29 is 56.8 Å². The quantitative estimate of drug-likeness (QED) is 0.109. The highest BCUT2D eigenvalue weighted by molar-refractivity contribution is 7.52. The van der Waals surface area contributed by atoms with Crippen LogP contribution in [0, 0.1) is 0 Å². The van der Waals surface area contributed by atoms with Gasteiger partial charge in [-0.2, -0.15) is 0 Å². The van der Waals surface area contributed by atoms with Gasteiger partial charge in [0.25, 0.3) is 11.8 Å². The van der Waals surface area contributed by atoms with Crippen LogP contribution in [-0.2, 0) is 32.9 Å². The number of nitrogens with zero attached hydrogens (tertiary/aromatic N) is 1. The summed E-state index contributed by atoms with van der Waals surface area (Å²) in [6.45, 7) is 4.12. The van der Waals surface area contributed by atoms with Crippen molar-refractivity contribution >= 4 is 19.4 Å². The molecule has 226 valence electrons. The minimum absolute atomic E-state index is 0.0950. The molecule has 0 radical (unpaired) electrons. The number of carbonyl (C=O) groups excluding carboxylic acids is 2. The van der Waals surface area contributed by atoms with Crippen LogP contribution in [0.5, 0.6) is 11.5 Å². The molecule has 2 aromatic rings. The fraction of sp³-hybridized carbons (Fsp3) is 0.481. The number of methoxy groups -OCH3 is 2. The van der Waals surface area contributed by atoms with E-state index in [1.54, 1.807) is 44.6 Å². The number of benzene rings is 2. The van der Waals surface area contributed by atoms with Crippen LogP contribution in [0.25, 0.3) is 0 Å². The van der Waals surface area contributed by atoms with Crippen LogP contribution in [0.3, 0.4) is 0 Å². The molecule has 1 aliphatic rings. The SMILES string of the molecule is CCP(=O)(O)OC(C)C(ON1C(=O)c2ccccc2C1=O)c1ccc(OCOCCOC)c(OCOCCOC)c1. The van der Waals surface area contributed by atoms with Gasteiger partial charge in [0.15, 0.2) is 25.1 Å². The lowest BCUT2D eigenvalue weighted by Gasteiger charge is -2.29. The number of carbonyl (C=O) groups is 2. The lowest BCUT2D eigenvalue weighted by atomic mass is 10.0. The van der Waals surface area contributed by atoms with Crippen LogP contribution >= 0.6 is 7.60 Å².